The number of para-hydroxylation sites is 1. The van der Waals surface area contributed by atoms with Crippen molar-refractivity contribution >= 4 is 5.69 Å². The van der Waals surface area contributed by atoms with Crippen molar-refractivity contribution in [3.8, 4) is 5.75 Å². The van der Waals surface area contributed by atoms with Crippen LogP contribution in [-0.4, -0.2) is 13.7 Å². The lowest BCUT2D eigenvalue weighted by Crippen LogP contribution is -2.26. The van der Waals surface area contributed by atoms with Gasteiger partial charge in [0, 0.05) is 23.2 Å². The number of ether oxygens (including phenoxy) is 1. The van der Waals surface area contributed by atoms with Gasteiger partial charge in [-0.05, 0) is 36.8 Å². The average Bonchev–Trinajstić information content (AvgIpc) is 2.78. The molecular formula is C16H16FNO. The number of nitrogens with one attached hydrogen (secondary N) is 1. The predicted molar refractivity (Wildman–Crippen MR) is 74.3 cm³/mol. The maximum atomic E-state index is 13.6. The summed E-state index contributed by atoms with van der Waals surface area (Å²) in [5.74, 6) is 0.490. The van der Waals surface area contributed by atoms with Gasteiger partial charge in [0.1, 0.15) is 11.6 Å². The van der Waals surface area contributed by atoms with E-state index in [1.165, 1.54) is 11.6 Å². The van der Waals surface area contributed by atoms with Gasteiger partial charge < -0.3 is 10.1 Å². The topological polar surface area (TPSA) is 21.3 Å². The van der Waals surface area contributed by atoms with Gasteiger partial charge in [-0.3, -0.25) is 0 Å². The summed E-state index contributed by atoms with van der Waals surface area (Å²) >= 11 is 0. The standard InChI is InChI=1S/C16H16FNO/c1-16(10-18-14-6-4-3-5-12(14)16)13-9-11(17)7-8-15(13)19-2/h3-9,18H,10H2,1-2H3. The zero-order chi connectivity index (χ0) is 13.5. The van der Waals surface area contributed by atoms with Gasteiger partial charge in [-0.15, -0.1) is 0 Å². The summed E-state index contributed by atoms with van der Waals surface area (Å²) in [5.41, 5.74) is 2.90. The maximum absolute atomic E-state index is 13.6. The fraction of sp³-hybridized carbons (Fsp3) is 0.250. The van der Waals surface area contributed by atoms with Gasteiger partial charge >= 0.3 is 0 Å². The lowest BCUT2D eigenvalue weighted by atomic mass is 9.77. The molecule has 3 heteroatoms. The van der Waals surface area contributed by atoms with Gasteiger partial charge in [0.2, 0.25) is 0 Å². The molecule has 0 saturated heterocycles. The van der Waals surface area contributed by atoms with E-state index in [2.05, 4.69) is 18.3 Å². The first kappa shape index (κ1) is 12.0. The molecule has 1 aliphatic rings. The van der Waals surface area contributed by atoms with E-state index in [1.54, 1.807) is 19.2 Å². The average molecular weight is 257 g/mol. The fourth-order valence-corrected chi connectivity index (χ4v) is 2.84. The minimum Gasteiger partial charge on any atom is -0.496 e. The number of fused-ring (bicyclic) bond motifs is 1. The first-order chi connectivity index (χ1) is 9.15. The Bertz CT molecular complexity index is 626. The quantitative estimate of drug-likeness (QED) is 0.888. The molecule has 2 aromatic rings. The Morgan fingerprint density at radius 3 is 2.74 bits per heavy atom. The van der Waals surface area contributed by atoms with E-state index >= 15 is 0 Å². The highest BCUT2D eigenvalue weighted by molar-refractivity contribution is 5.65. The molecule has 0 spiro atoms. The van der Waals surface area contributed by atoms with Gasteiger partial charge in [0.15, 0.2) is 0 Å². The summed E-state index contributed by atoms with van der Waals surface area (Å²) in [6, 6.07) is 12.8. The highest BCUT2D eigenvalue weighted by atomic mass is 19.1. The normalized spacial score (nSPS) is 20.8. The Morgan fingerprint density at radius 2 is 1.95 bits per heavy atom. The van der Waals surface area contributed by atoms with Crippen LogP contribution in [0.2, 0.25) is 0 Å². The lowest BCUT2D eigenvalue weighted by Gasteiger charge is -2.27. The Morgan fingerprint density at radius 1 is 1.16 bits per heavy atom. The number of rotatable bonds is 2. The van der Waals surface area contributed by atoms with E-state index in [0.717, 1.165) is 23.5 Å². The van der Waals surface area contributed by atoms with E-state index in [4.69, 9.17) is 4.74 Å². The highest BCUT2D eigenvalue weighted by Gasteiger charge is 2.38. The molecule has 0 bridgehead atoms. The van der Waals surface area contributed by atoms with Crippen LogP contribution in [-0.2, 0) is 5.41 Å². The number of hydrogen-bond donors (Lipinski definition) is 1. The Kier molecular flexibility index (Phi) is 2.70. The molecule has 2 nitrogen and oxygen atoms in total. The highest BCUT2D eigenvalue weighted by Crippen LogP contribution is 2.44. The van der Waals surface area contributed by atoms with E-state index in [9.17, 15) is 4.39 Å². The Hall–Kier alpha value is -2.03. The van der Waals surface area contributed by atoms with E-state index < -0.39 is 0 Å². The second-order valence-corrected chi connectivity index (χ2v) is 5.08. The third kappa shape index (κ3) is 1.77. The molecule has 0 saturated carbocycles. The van der Waals surface area contributed by atoms with Crippen LogP contribution in [0.4, 0.5) is 10.1 Å². The van der Waals surface area contributed by atoms with Gasteiger partial charge in [0.25, 0.3) is 0 Å². The molecule has 2 aromatic carbocycles. The summed E-state index contributed by atoms with van der Waals surface area (Å²) in [6.45, 7) is 2.86. The van der Waals surface area contributed by atoms with Gasteiger partial charge in [-0.2, -0.15) is 0 Å². The molecule has 0 fully saturated rings. The first-order valence-corrected chi connectivity index (χ1v) is 6.32. The predicted octanol–water partition coefficient (Wildman–Crippen LogP) is 3.57. The summed E-state index contributed by atoms with van der Waals surface area (Å²) < 4.78 is 19.0. The lowest BCUT2D eigenvalue weighted by molar-refractivity contribution is 0.399. The van der Waals surface area contributed by atoms with Crippen LogP contribution < -0.4 is 10.1 Å². The molecule has 3 rings (SSSR count). The Labute approximate surface area is 112 Å². The van der Waals surface area contributed by atoms with Crippen LogP contribution in [0, 0.1) is 5.82 Å². The molecular weight excluding hydrogens is 241 g/mol. The Balaban J connectivity index is 2.20. The van der Waals surface area contributed by atoms with Crippen LogP contribution in [0.1, 0.15) is 18.1 Å². The maximum Gasteiger partial charge on any atom is 0.123 e. The van der Waals surface area contributed by atoms with Crippen molar-refractivity contribution in [1.29, 1.82) is 0 Å². The third-order valence-electron chi connectivity index (χ3n) is 3.91. The number of benzene rings is 2. The number of hydrogen-bond acceptors (Lipinski definition) is 2. The zero-order valence-corrected chi connectivity index (χ0v) is 11.0. The van der Waals surface area contributed by atoms with E-state index in [1.807, 2.05) is 18.2 Å². The molecule has 1 unspecified atom stereocenters. The van der Waals surface area contributed by atoms with Crippen molar-refractivity contribution in [2.45, 2.75) is 12.3 Å². The summed E-state index contributed by atoms with van der Waals surface area (Å²) in [7, 11) is 1.62. The van der Waals surface area contributed by atoms with E-state index in [0.29, 0.717) is 0 Å². The summed E-state index contributed by atoms with van der Waals surface area (Å²) in [5, 5.41) is 3.38. The first-order valence-electron chi connectivity index (χ1n) is 6.32. The molecule has 98 valence electrons. The number of methoxy groups -OCH3 is 1. The van der Waals surface area contributed by atoms with Crippen molar-refractivity contribution < 1.29 is 9.13 Å². The zero-order valence-electron chi connectivity index (χ0n) is 11.0. The van der Waals surface area contributed by atoms with Crippen LogP contribution in [0.5, 0.6) is 5.75 Å². The second-order valence-electron chi connectivity index (χ2n) is 5.08. The van der Waals surface area contributed by atoms with E-state index in [-0.39, 0.29) is 11.2 Å². The molecule has 1 atom stereocenters. The van der Waals surface area contributed by atoms with Gasteiger partial charge in [-0.1, -0.05) is 18.2 Å². The molecule has 1 N–H and O–H groups in total. The van der Waals surface area contributed by atoms with Gasteiger partial charge in [0.05, 0.1) is 7.11 Å². The van der Waals surface area contributed by atoms with Crippen molar-refractivity contribution in [3.63, 3.8) is 0 Å². The summed E-state index contributed by atoms with van der Waals surface area (Å²) in [4.78, 5) is 0. The number of anilines is 1. The summed E-state index contributed by atoms with van der Waals surface area (Å²) in [6.07, 6.45) is 0. The van der Waals surface area contributed by atoms with Gasteiger partial charge in [-0.25, -0.2) is 4.39 Å². The van der Waals surface area contributed by atoms with Crippen molar-refractivity contribution in [1.82, 2.24) is 0 Å². The fourth-order valence-electron chi connectivity index (χ4n) is 2.84. The smallest absolute Gasteiger partial charge is 0.123 e. The third-order valence-corrected chi connectivity index (χ3v) is 3.91. The van der Waals surface area contributed by atoms with Crippen LogP contribution in [0.25, 0.3) is 0 Å². The molecule has 0 radical (unpaired) electrons. The minimum atomic E-state index is -0.274. The van der Waals surface area contributed by atoms with Crippen molar-refractivity contribution in [2.75, 3.05) is 19.0 Å². The van der Waals surface area contributed by atoms with Crippen molar-refractivity contribution in [3.05, 3.63) is 59.4 Å². The molecule has 0 amide bonds. The minimum absolute atomic E-state index is 0.235. The number of halogens is 1. The molecule has 0 aromatic heterocycles. The molecule has 0 aliphatic carbocycles. The van der Waals surface area contributed by atoms with Crippen LogP contribution in [0.15, 0.2) is 42.5 Å². The molecule has 1 aliphatic heterocycles. The monoisotopic (exact) mass is 257 g/mol. The second kappa shape index (κ2) is 4.26. The molecule has 1 heterocycles. The molecule has 19 heavy (non-hydrogen) atoms. The van der Waals surface area contributed by atoms with Crippen molar-refractivity contribution in [2.24, 2.45) is 0 Å². The SMILES string of the molecule is COc1ccc(F)cc1C1(C)CNc2ccccc21. The largest absolute Gasteiger partial charge is 0.496 e. The van der Waals surface area contributed by atoms with Crippen LogP contribution in [0.3, 0.4) is 0 Å². The van der Waals surface area contributed by atoms with Crippen LogP contribution >= 0.6 is 0 Å².